The lowest BCUT2D eigenvalue weighted by molar-refractivity contribution is -0.111. The van der Waals surface area contributed by atoms with Crippen molar-refractivity contribution in [3.05, 3.63) is 67.0 Å². The molecule has 12 nitrogen and oxygen atoms in total. The van der Waals surface area contributed by atoms with Crippen molar-refractivity contribution in [3.63, 3.8) is 0 Å². The Morgan fingerprint density at radius 1 is 1.00 bits per heavy atom. The van der Waals surface area contributed by atoms with Gasteiger partial charge in [-0.25, -0.2) is 9.97 Å². The molecule has 0 unspecified atom stereocenters. The van der Waals surface area contributed by atoms with Crippen molar-refractivity contribution in [1.29, 1.82) is 0 Å². The third-order valence-electron chi connectivity index (χ3n) is 10.4. The molecule has 0 spiro atoms. The fourth-order valence-electron chi connectivity index (χ4n) is 7.33. The summed E-state index contributed by atoms with van der Waals surface area (Å²) < 4.78 is 14.0. The number of hydrogen-bond donors (Lipinski definition) is 2. The molecule has 2 aliphatic heterocycles. The number of amides is 1. The van der Waals surface area contributed by atoms with E-state index in [0.29, 0.717) is 48.0 Å². The van der Waals surface area contributed by atoms with Crippen molar-refractivity contribution in [3.8, 4) is 22.8 Å². The number of ether oxygens (including phenoxy) is 2. The van der Waals surface area contributed by atoms with Crippen LogP contribution in [0.3, 0.4) is 0 Å². The number of aryl methyl sites for hydroxylation is 1. The molecule has 4 aromatic rings. The minimum Gasteiger partial charge on any atom is -0.494 e. The lowest BCUT2D eigenvalue weighted by Gasteiger charge is -2.46. The molecule has 284 valence electrons. The van der Waals surface area contributed by atoms with E-state index in [1.54, 1.807) is 25.4 Å². The van der Waals surface area contributed by atoms with E-state index in [2.05, 4.69) is 74.0 Å². The van der Waals surface area contributed by atoms with E-state index in [4.69, 9.17) is 14.5 Å². The summed E-state index contributed by atoms with van der Waals surface area (Å²) in [5, 5.41) is 7.50. The molecule has 2 aromatic heterocycles. The molecule has 1 amide bonds. The predicted octanol–water partition coefficient (Wildman–Crippen LogP) is 5.70. The van der Waals surface area contributed by atoms with E-state index >= 15 is 0 Å². The largest absolute Gasteiger partial charge is 0.494 e. The topological polar surface area (TPSA) is 103 Å². The van der Waals surface area contributed by atoms with Crippen molar-refractivity contribution >= 4 is 34.1 Å². The summed E-state index contributed by atoms with van der Waals surface area (Å²) in [6, 6.07) is 14.4. The summed E-state index contributed by atoms with van der Waals surface area (Å²) in [7, 11) is 7.62. The molecule has 2 aromatic carbocycles. The van der Waals surface area contributed by atoms with Crippen LogP contribution in [-0.4, -0.2) is 132 Å². The van der Waals surface area contributed by atoms with E-state index in [0.717, 1.165) is 68.0 Å². The number of piperidine rings is 1. The fraction of sp³-hybridized carbons (Fsp3) is 0.488. The number of likely N-dealkylation sites (tertiary alicyclic amines) is 1. The summed E-state index contributed by atoms with van der Waals surface area (Å²) in [5.74, 6) is 1.24. The Kier molecular flexibility index (Phi) is 12.3. The Morgan fingerprint density at radius 2 is 1.75 bits per heavy atom. The average molecular weight is 724 g/mol. The van der Waals surface area contributed by atoms with Gasteiger partial charge in [0.05, 0.1) is 24.2 Å². The van der Waals surface area contributed by atoms with Crippen LogP contribution < -0.4 is 20.1 Å². The molecule has 6 rings (SSSR count). The van der Waals surface area contributed by atoms with E-state index in [9.17, 15) is 4.79 Å². The number of aromatic nitrogens is 3. The minimum absolute atomic E-state index is 0.223. The van der Waals surface area contributed by atoms with Gasteiger partial charge in [0, 0.05) is 98.9 Å². The predicted molar refractivity (Wildman–Crippen MR) is 214 cm³/mol. The number of carbonyl (C=O) groups is 1. The SMILES string of the molecule is COc1cc(OCCN(C)C)c(NC(=O)/C=C/CN2CCC(N3CCN(C(C)(C)C)CC3)CC2)cc1Nc1nccc(-c2cn(C)c3ccccc23)n1. The van der Waals surface area contributed by atoms with Gasteiger partial charge in [0.25, 0.3) is 0 Å². The van der Waals surface area contributed by atoms with Gasteiger partial charge in [-0.05, 0) is 79.0 Å². The molecular formula is C41H57N9O3. The van der Waals surface area contributed by atoms with Crippen molar-refractivity contribution in [2.24, 2.45) is 7.05 Å². The number of carbonyl (C=O) groups excluding carboxylic acids is 1. The maximum atomic E-state index is 13.3. The Morgan fingerprint density at radius 3 is 2.47 bits per heavy atom. The second-order valence-electron chi connectivity index (χ2n) is 15.4. The molecule has 0 bridgehead atoms. The smallest absolute Gasteiger partial charge is 0.248 e. The molecule has 53 heavy (non-hydrogen) atoms. The molecule has 0 saturated carbocycles. The van der Waals surface area contributed by atoms with Crippen LogP contribution in [0.2, 0.25) is 0 Å². The number of hydrogen-bond acceptors (Lipinski definition) is 10. The second-order valence-corrected chi connectivity index (χ2v) is 15.4. The first-order valence-corrected chi connectivity index (χ1v) is 18.8. The normalized spacial score (nSPS) is 16.8. The van der Waals surface area contributed by atoms with Crippen LogP contribution in [0.4, 0.5) is 17.3 Å². The minimum atomic E-state index is -0.223. The van der Waals surface area contributed by atoms with Gasteiger partial charge in [0.2, 0.25) is 11.9 Å². The van der Waals surface area contributed by atoms with Crippen LogP contribution in [0.25, 0.3) is 22.2 Å². The fourth-order valence-corrected chi connectivity index (χ4v) is 7.33. The number of nitrogens with one attached hydrogen (secondary N) is 2. The maximum absolute atomic E-state index is 13.3. The molecule has 2 N–H and O–H groups in total. The van der Waals surface area contributed by atoms with Gasteiger partial charge in [-0.15, -0.1) is 0 Å². The van der Waals surface area contributed by atoms with Gasteiger partial charge < -0.3 is 29.6 Å². The van der Waals surface area contributed by atoms with Crippen LogP contribution in [-0.2, 0) is 11.8 Å². The van der Waals surface area contributed by atoms with Gasteiger partial charge in [0.1, 0.15) is 18.1 Å². The standard InChI is InChI=1S/C41H57N9O3/c1-41(2,3)50-23-21-49(22-24-50)30-15-19-48(20-16-30)18-10-13-39(51)43-35-27-34(37(52-7)28-38(35)53-26-25-46(4)5)45-40-42-17-14-33(44-40)32-29-47(6)36-12-9-8-11-31(32)36/h8-14,17,27-30H,15-16,18-26H2,1-7H3,(H,43,51)(H,42,44,45)/b13-10+. The Hall–Kier alpha value is -4.49. The summed E-state index contributed by atoms with van der Waals surface area (Å²) in [5.41, 5.74) is 4.31. The van der Waals surface area contributed by atoms with Crippen molar-refractivity contribution in [2.45, 2.75) is 45.2 Å². The molecule has 2 aliphatic rings. The van der Waals surface area contributed by atoms with Gasteiger partial charge in [0.15, 0.2) is 0 Å². The Balaban J connectivity index is 1.11. The average Bonchev–Trinajstić information content (AvgIpc) is 3.48. The summed E-state index contributed by atoms with van der Waals surface area (Å²) >= 11 is 0. The first kappa shape index (κ1) is 38.2. The highest BCUT2D eigenvalue weighted by Crippen LogP contribution is 2.38. The van der Waals surface area contributed by atoms with Gasteiger partial charge >= 0.3 is 0 Å². The van der Waals surface area contributed by atoms with E-state index in [1.165, 1.54) is 12.8 Å². The summed E-state index contributed by atoms with van der Waals surface area (Å²) in [6.07, 6.45) is 9.73. The van der Waals surface area contributed by atoms with Crippen LogP contribution in [0.1, 0.15) is 33.6 Å². The van der Waals surface area contributed by atoms with E-state index in [-0.39, 0.29) is 11.4 Å². The molecular weight excluding hydrogens is 667 g/mol. The molecule has 0 aliphatic carbocycles. The number of methoxy groups -OCH3 is 1. The summed E-state index contributed by atoms with van der Waals surface area (Å²) in [4.78, 5) is 32.4. The van der Waals surface area contributed by atoms with Gasteiger partial charge in [-0.3, -0.25) is 19.5 Å². The maximum Gasteiger partial charge on any atom is 0.248 e. The van der Waals surface area contributed by atoms with Crippen LogP contribution in [0.5, 0.6) is 11.5 Å². The van der Waals surface area contributed by atoms with Gasteiger partial charge in [-0.2, -0.15) is 0 Å². The molecule has 2 saturated heterocycles. The number of anilines is 3. The number of benzene rings is 2. The van der Waals surface area contributed by atoms with Crippen LogP contribution in [0.15, 0.2) is 67.0 Å². The third kappa shape index (κ3) is 9.74. The Labute approximate surface area is 314 Å². The molecule has 2 fully saturated rings. The van der Waals surface area contributed by atoms with Crippen molar-refractivity contribution < 1.29 is 14.3 Å². The zero-order chi connectivity index (χ0) is 37.5. The zero-order valence-electron chi connectivity index (χ0n) is 32.6. The highest BCUT2D eigenvalue weighted by molar-refractivity contribution is 6.01. The highest BCUT2D eigenvalue weighted by Gasteiger charge is 2.30. The second kappa shape index (κ2) is 17.1. The Bertz CT molecular complexity index is 1870. The first-order chi connectivity index (χ1) is 25.5. The van der Waals surface area contributed by atoms with Crippen LogP contribution >= 0.6 is 0 Å². The zero-order valence-corrected chi connectivity index (χ0v) is 32.6. The molecule has 4 heterocycles. The van der Waals surface area contributed by atoms with E-state index < -0.39 is 0 Å². The number of para-hydroxylation sites is 1. The molecule has 0 atom stereocenters. The number of rotatable bonds is 13. The van der Waals surface area contributed by atoms with Crippen molar-refractivity contribution in [2.75, 3.05) is 90.8 Å². The lowest BCUT2D eigenvalue weighted by Crippen LogP contribution is -2.57. The number of likely N-dealkylation sites (N-methyl/N-ethyl adjacent to an activating group) is 1. The van der Waals surface area contributed by atoms with E-state index in [1.807, 2.05) is 56.4 Å². The number of nitrogens with zero attached hydrogens (tertiary/aromatic N) is 7. The highest BCUT2D eigenvalue weighted by atomic mass is 16.5. The lowest BCUT2D eigenvalue weighted by atomic mass is 10.0. The monoisotopic (exact) mass is 723 g/mol. The van der Waals surface area contributed by atoms with Crippen molar-refractivity contribution in [1.82, 2.24) is 34.1 Å². The van der Waals surface area contributed by atoms with Gasteiger partial charge in [-0.1, -0.05) is 24.3 Å². The third-order valence-corrected chi connectivity index (χ3v) is 10.4. The quantitative estimate of drug-likeness (QED) is 0.167. The van der Waals surface area contributed by atoms with Crippen LogP contribution in [0, 0.1) is 0 Å². The molecule has 12 heteroatoms. The number of piperazine rings is 1. The summed E-state index contributed by atoms with van der Waals surface area (Å²) in [6.45, 7) is 15.5. The molecule has 0 radical (unpaired) electrons. The first-order valence-electron chi connectivity index (χ1n) is 18.8. The number of fused-ring (bicyclic) bond motifs is 1.